The van der Waals surface area contributed by atoms with Crippen LogP contribution in [0.5, 0.6) is 0 Å². The Labute approximate surface area is 146 Å². The fourth-order valence-electron chi connectivity index (χ4n) is 4.89. The number of hydrogen-bond donors (Lipinski definition) is 1. The summed E-state index contributed by atoms with van der Waals surface area (Å²) in [6.07, 6.45) is 10.5. The molecule has 2 heterocycles. The average molecular weight is 335 g/mol. The Morgan fingerprint density at radius 3 is 2.42 bits per heavy atom. The molecule has 2 amide bonds. The van der Waals surface area contributed by atoms with Gasteiger partial charge in [0, 0.05) is 26.6 Å². The maximum Gasteiger partial charge on any atom is 0.233 e. The van der Waals surface area contributed by atoms with E-state index in [4.69, 9.17) is 0 Å². The van der Waals surface area contributed by atoms with Crippen LogP contribution in [-0.4, -0.2) is 61.4 Å². The molecule has 5 nitrogen and oxygen atoms in total. The number of rotatable bonds is 4. The molecule has 5 heteroatoms. The van der Waals surface area contributed by atoms with E-state index in [2.05, 4.69) is 15.1 Å². The smallest absolute Gasteiger partial charge is 0.233 e. The minimum Gasteiger partial charge on any atom is -0.358 e. The molecule has 0 bridgehead atoms. The van der Waals surface area contributed by atoms with Gasteiger partial charge in [-0.3, -0.25) is 14.5 Å². The van der Waals surface area contributed by atoms with Gasteiger partial charge in [-0.1, -0.05) is 12.8 Å². The summed E-state index contributed by atoms with van der Waals surface area (Å²) in [6.45, 7) is 4.38. The van der Waals surface area contributed by atoms with Crippen LogP contribution in [0.3, 0.4) is 0 Å². The molecule has 136 valence electrons. The van der Waals surface area contributed by atoms with Crippen LogP contribution in [0.25, 0.3) is 0 Å². The number of likely N-dealkylation sites (N-methyl/N-ethyl adjacent to an activating group) is 1. The second kappa shape index (κ2) is 7.85. The molecule has 3 rings (SSSR count). The van der Waals surface area contributed by atoms with Crippen molar-refractivity contribution in [1.82, 2.24) is 15.1 Å². The third-order valence-corrected chi connectivity index (χ3v) is 6.51. The molecule has 0 radical (unpaired) electrons. The third-order valence-electron chi connectivity index (χ3n) is 6.51. The first-order valence-electron chi connectivity index (χ1n) is 9.81. The predicted octanol–water partition coefficient (Wildman–Crippen LogP) is 2.02. The summed E-state index contributed by atoms with van der Waals surface area (Å²) in [5.41, 5.74) is 0.308. The first-order chi connectivity index (χ1) is 11.6. The molecular weight excluding hydrogens is 302 g/mol. The van der Waals surface area contributed by atoms with Gasteiger partial charge >= 0.3 is 0 Å². The Balaban J connectivity index is 1.50. The van der Waals surface area contributed by atoms with Gasteiger partial charge in [0.25, 0.3) is 0 Å². The Bertz CT molecular complexity index is 452. The summed E-state index contributed by atoms with van der Waals surface area (Å²) in [6, 6.07) is 0. The monoisotopic (exact) mass is 335 g/mol. The lowest BCUT2D eigenvalue weighted by atomic mass is 9.72. The largest absolute Gasteiger partial charge is 0.358 e. The standard InChI is InChI=1S/C19H33N3O2/c1-20-17(23)14-21-11-8-19(9-12-21)7-4-10-22(15-19)18(24)13-16-5-2-3-6-16/h16H,2-15H2,1H3,(H,20,23). The van der Waals surface area contributed by atoms with E-state index in [1.165, 1.54) is 32.1 Å². The zero-order valence-corrected chi connectivity index (χ0v) is 15.2. The van der Waals surface area contributed by atoms with Crippen molar-refractivity contribution in [3.63, 3.8) is 0 Å². The minimum atomic E-state index is 0.1000. The van der Waals surface area contributed by atoms with Crippen LogP contribution in [0.15, 0.2) is 0 Å². The normalized spacial score (nSPS) is 25.1. The van der Waals surface area contributed by atoms with Crippen molar-refractivity contribution < 1.29 is 9.59 Å². The molecular formula is C19H33N3O2. The first kappa shape index (κ1) is 17.7. The molecule has 2 aliphatic heterocycles. The van der Waals surface area contributed by atoms with Crippen molar-refractivity contribution in [1.29, 1.82) is 0 Å². The molecule has 1 aliphatic carbocycles. The number of nitrogens with one attached hydrogen (secondary N) is 1. The zero-order valence-electron chi connectivity index (χ0n) is 15.2. The fourth-order valence-corrected chi connectivity index (χ4v) is 4.89. The van der Waals surface area contributed by atoms with Gasteiger partial charge in [0.05, 0.1) is 6.54 Å². The van der Waals surface area contributed by atoms with Crippen molar-refractivity contribution in [3.8, 4) is 0 Å². The molecule has 1 N–H and O–H groups in total. The van der Waals surface area contributed by atoms with Crippen LogP contribution in [0, 0.1) is 11.3 Å². The van der Waals surface area contributed by atoms with Crippen LogP contribution >= 0.6 is 0 Å². The quantitative estimate of drug-likeness (QED) is 0.855. The predicted molar refractivity (Wildman–Crippen MR) is 94.6 cm³/mol. The van der Waals surface area contributed by atoms with Gasteiger partial charge in [-0.15, -0.1) is 0 Å². The van der Waals surface area contributed by atoms with Crippen molar-refractivity contribution in [3.05, 3.63) is 0 Å². The lowest BCUT2D eigenvalue weighted by Gasteiger charge is -2.47. The molecule has 1 spiro atoms. The van der Waals surface area contributed by atoms with Gasteiger partial charge in [0.1, 0.15) is 0 Å². The number of amides is 2. The lowest BCUT2D eigenvalue weighted by Crippen LogP contribution is -2.52. The minimum absolute atomic E-state index is 0.1000. The van der Waals surface area contributed by atoms with Crippen LogP contribution in [0.2, 0.25) is 0 Å². The molecule has 0 aromatic heterocycles. The summed E-state index contributed by atoms with van der Waals surface area (Å²) in [7, 11) is 1.70. The van der Waals surface area contributed by atoms with Gasteiger partial charge in [0.15, 0.2) is 0 Å². The summed E-state index contributed by atoms with van der Waals surface area (Å²) < 4.78 is 0. The zero-order chi connectivity index (χ0) is 17.0. The van der Waals surface area contributed by atoms with Gasteiger partial charge in [-0.05, 0) is 62.9 Å². The van der Waals surface area contributed by atoms with E-state index in [1.807, 2.05) is 0 Å². The molecule has 0 aromatic rings. The number of carbonyl (C=O) groups excluding carboxylic acids is 2. The van der Waals surface area contributed by atoms with Crippen molar-refractivity contribution >= 4 is 11.8 Å². The SMILES string of the molecule is CNC(=O)CN1CCC2(CCCN(C(=O)CC3CCCC3)C2)CC1. The number of likely N-dealkylation sites (tertiary alicyclic amines) is 2. The molecule has 3 aliphatic rings. The summed E-state index contributed by atoms with van der Waals surface area (Å²) in [5, 5.41) is 2.71. The Morgan fingerprint density at radius 1 is 1.04 bits per heavy atom. The van der Waals surface area contributed by atoms with Gasteiger partial charge < -0.3 is 10.2 Å². The number of nitrogens with zero attached hydrogens (tertiary/aromatic N) is 2. The van der Waals surface area contributed by atoms with E-state index in [1.54, 1.807) is 7.05 Å². The maximum absolute atomic E-state index is 12.7. The van der Waals surface area contributed by atoms with Gasteiger partial charge in [-0.25, -0.2) is 0 Å². The van der Waals surface area contributed by atoms with Gasteiger partial charge in [0.2, 0.25) is 11.8 Å². The lowest BCUT2D eigenvalue weighted by molar-refractivity contribution is -0.136. The van der Waals surface area contributed by atoms with Crippen molar-refractivity contribution in [2.75, 3.05) is 39.8 Å². The highest BCUT2D eigenvalue weighted by molar-refractivity contribution is 5.77. The van der Waals surface area contributed by atoms with Gasteiger partial charge in [-0.2, -0.15) is 0 Å². The summed E-state index contributed by atoms with van der Waals surface area (Å²) >= 11 is 0. The van der Waals surface area contributed by atoms with E-state index in [9.17, 15) is 9.59 Å². The molecule has 1 saturated carbocycles. The van der Waals surface area contributed by atoms with Crippen molar-refractivity contribution in [2.24, 2.45) is 11.3 Å². The van der Waals surface area contributed by atoms with E-state index in [0.29, 0.717) is 23.8 Å². The molecule has 0 atom stereocenters. The number of carbonyl (C=O) groups is 2. The third kappa shape index (κ3) is 4.29. The number of hydrogen-bond acceptors (Lipinski definition) is 3. The molecule has 0 unspecified atom stereocenters. The molecule has 2 saturated heterocycles. The average Bonchev–Trinajstić information content (AvgIpc) is 3.10. The maximum atomic E-state index is 12.7. The molecule has 0 aromatic carbocycles. The Morgan fingerprint density at radius 2 is 1.75 bits per heavy atom. The Hall–Kier alpha value is -1.10. The summed E-state index contributed by atoms with van der Waals surface area (Å²) in [4.78, 5) is 28.7. The first-order valence-corrected chi connectivity index (χ1v) is 9.81. The van der Waals surface area contributed by atoms with Crippen LogP contribution in [0.1, 0.15) is 57.8 Å². The van der Waals surface area contributed by atoms with Crippen LogP contribution < -0.4 is 5.32 Å². The Kier molecular flexibility index (Phi) is 5.80. The van der Waals surface area contributed by atoms with E-state index in [-0.39, 0.29) is 5.91 Å². The second-order valence-electron chi connectivity index (χ2n) is 8.22. The van der Waals surface area contributed by atoms with E-state index >= 15 is 0 Å². The second-order valence-corrected chi connectivity index (χ2v) is 8.22. The summed E-state index contributed by atoms with van der Waals surface area (Å²) in [5.74, 6) is 1.14. The fraction of sp³-hybridized carbons (Fsp3) is 0.895. The van der Waals surface area contributed by atoms with Crippen LogP contribution in [-0.2, 0) is 9.59 Å². The topological polar surface area (TPSA) is 52.7 Å². The van der Waals surface area contributed by atoms with E-state index < -0.39 is 0 Å². The van der Waals surface area contributed by atoms with Crippen LogP contribution in [0.4, 0.5) is 0 Å². The van der Waals surface area contributed by atoms with Crippen molar-refractivity contribution in [2.45, 2.75) is 57.8 Å². The highest BCUT2D eigenvalue weighted by Crippen LogP contribution is 2.40. The van der Waals surface area contributed by atoms with E-state index in [0.717, 1.165) is 51.9 Å². The number of piperidine rings is 2. The highest BCUT2D eigenvalue weighted by Gasteiger charge is 2.40. The molecule has 3 fully saturated rings. The highest BCUT2D eigenvalue weighted by atomic mass is 16.2. The molecule has 24 heavy (non-hydrogen) atoms.